The van der Waals surface area contributed by atoms with Crippen LogP contribution in [0.2, 0.25) is 5.02 Å². The van der Waals surface area contributed by atoms with E-state index in [1.807, 2.05) is 6.92 Å². The van der Waals surface area contributed by atoms with E-state index < -0.39 is 11.8 Å². The first-order chi connectivity index (χ1) is 9.36. The second kappa shape index (κ2) is 4.13. The van der Waals surface area contributed by atoms with Crippen LogP contribution in [-0.4, -0.2) is 5.91 Å². The van der Waals surface area contributed by atoms with E-state index in [0.717, 1.165) is 40.7 Å². The maximum atomic E-state index is 11.7. The second-order valence-corrected chi connectivity index (χ2v) is 5.39. The number of allylic oxidation sites excluding steroid dienone is 1. The Morgan fingerprint density at radius 2 is 2.44 bits per heavy atom. The van der Waals surface area contributed by atoms with Gasteiger partial charge in [0.05, 0.1) is 7.26 Å². The topological polar surface area (TPSA) is 43.1 Å². The summed E-state index contributed by atoms with van der Waals surface area (Å²) in [5.74, 6) is -1.91. The molecule has 0 aromatic heterocycles. The Morgan fingerprint density at radius 1 is 1.67 bits per heavy atom. The van der Waals surface area contributed by atoms with E-state index in [1.165, 1.54) is 0 Å². The molecule has 0 fully saturated rings. The molecule has 2 aliphatic rings. The summed E-state index contributed by atoms with van der Waals surface area (Å²) in [5.41, 5.74) is 10.1. The number of nitrogens with two attached hydrogens (primary N) is 1. The summed E-state index contributed by atoms with van der Waals surface area (Å²) in [7, 11) is 0. The molecule has 0 radical (unpaired) electrons. The maximum Gasteiger partial charge on any atom is 0.224 e. The zero-order chi connectivity index (χ0) is 14.7. The SMILES string of the molecule is [2H]c1c(Cl)cc(C)c2c1C1=C(C2)C([2H])(C(N)=O)CCC1. The molecule has 1 aromatic rings. The van der Waals surface area contributed by atoms with Gasteiger partial charge in [0.1, 0.15) is 0 Å². The van der Waals surface area contributed by atoms with Crippen LogP contribution in [0.3, 0.4) is 0 Å². The Hall–Kier alpha value is -1.28. The van der Waals surface area contributed by atoms with Gasteiger partial charge in [0, 0.05) is 6.39 Å². The molecular formula is C15H16ClNO. The number of hydrogen-bond donors (Lipinski definition) is 1. The van der Waals surface area contributed by atoms with E-state index >= 15 is 0 Å². The molecule has 18 heavy (non-hydrogen) atoms. The Morgan fingerprint density at radius 3 is 3.17 bits per heavy atom. The molecule has 2 nitrogen and oxygen atoms in total. The van der Waals surface area contributed by atoms with Crippen LogP contribution in [0.4, 0.5) is 0 Å². The number of hydrogen-bond acceptors (Lipinski definition) is 1. The highest BCUT2D eigenvalue weighted by molar-refractivity contribution is 6.30. The first-order valence-electron chi connectivity index (χ1n) is 7.17. The molecule has 1 unspecified atom stereocenters. The van der Waals surface area contributed by atoms with Crippen molar-refractivity contribution in [2.75, 3.05) is 0 Å². The molecule has 94 valence electrons. The van der Waals surface area contributed by atoms with Gasteiger partial charge in [0.15, 0.2) is 0 Å². The first kappa shape index (κ1) is 9.62. The summed E-state index contributed by atoms with van der Waals surface area (Å²) in [5, 5.41) is 0.426. The summed E-state index contributed by atoms with van der Waals surface area (Å²) in [6.45, 7) is 1.96. The van der Waals surface area contributed by atoms with Gasteiger partial charge >= 0.3 is 0 Å². The third-order valence-electron chi connectivity index (χ3n) is 3.90. The lowest BCUT2D eigenvalue weighted by Gasteiger charge is -2.22. The third kappa shape index (κ3) is 1.67. The molecule has 1 atom stereocenters. The molecule has 2 aliphatic carbocycles. The van der Waals surface area contributed by atoms with E-state index in [2.05, 4.69) is 0 Å². The highest BCUT2D eigenvalue weighted by Gasteiger charge is 2.33. The molecule has 3 rings (SSSR count). The van der Waals surface area contributed by atoms with Crippen molar-refractivity contribution in [3.05, 3.63) is 39.4 Å². The molecule has 0 aliphatic heterocycles. The average Bonchev–Trinajstić information content (AvgIpc) is 2.78. The van der Waals surface area contributed by atoms with Gasteiger partial charge < -0.3 is 5.73 Å². The molecule has 1 amide bonds. The summed E-state index contributed by atoms with van der Waals surface area (Å²) < 4.78 is 16.6. The van der Waals surface area contributed by atoms with Crippen molar-refractivity contribution in [3.63, 3.8) is 0 Å². The van der Waals surface area contributed by atoms with Crippen molar-refractivity contribution >= 4 is 23.1 Å². The van der Waals surface area contributed by atoms with Crippen molar-refractivity contribution < 1.29 is 7.54 Å². The van der Waals surface area contributed by atoms with E-state index in [1.54, 1.807) is 6.07 Å². The molecule has 0 saturated carbocycles. The number of carbonyl (C=O) groups excluding carboxylic acids is 1. The fourth-order valence-corrected chi connectivity index (χ4v) is 3.31. The van der Waals surface area contributed by atoms with Crippen molar-refractivity contribution in [1.29, 1.82) is 0 Å². The highest BCUT2D eigenvalue weighted by Crippen LogP contribution is 2.45. The van der Waals surface area contributed by atoms with Crippen LogP contribution in [0.1, 0.15) is 38.7 Å². The summed E-state index contributed by atoms with van der Waals surface area (Å²) in [6, 6.07) is 2.10. The van der Waals surface area contributed by atoms with Gasteiger partial charge in [-0.05, 0) is 72.6 Å². The van der Waals surface area contributed by atoms with Crippen LogP contribution in [0, 0.1) is 12.8 Å². The van der Waals surface area contributed by atoms with E-state index in [0.29, 0.717) is 23.9 Å². The third-order valence-corrected chi connectivity index (χ3v) is 4.10. The zero-order valence-corrected chi connectivity index (χ0v) is 11.0. The van der Waals surface area contributed by atoms with Gasteiger partial charge in [-0.3, -0.25) is 4.79 Å². The summed E-state index contributed by atoms with van der Waals surface area (Å²) in [6.07, 6.45) is 2.55. The Bertz CT molecular complexity index is 668. The minimum Gasteiger partial charge on any atom is -0.369 e. The number of primary amides is 1. The minimum atomic E-state index is -1.32. The smallest absolute Gasteiger partial charge is 0.224 e. The van der Waals surface area contributed by atoms with Crippen LogP contribution < -0.4 is 5.73 Å². The standard InChI is InChI=1S/C15H16ClNO/c1-8-5-9(16)6-13-10-3-2-4-11(15(17)18)14(10)7-12(8)13/h5-6,11H,2-4,7H2,1H3,(H2,17,18)/i6D,11D. The lowest BCUT2D eigenvalue weighted by atomic mass is 9.82. The second-order valence-electron chi connectivity index (χ2n) is 4.98. The number of aryl methyl sites for hydroxylation is 1. The predicted molar refractivity (Wildman–Crippen MR) is 73.3 cm³/mol. The van der Waals surface area contributed by atoms with Crippen LogP contribution in [0.25, 0.3) is 5.57 Å². The van der Waals surface area contributed by atoms with Gasteiger partial charge in [0.2, 0.25) is 5.91 Å². The van der Waals surface area contributed by atoms with Crippen LogP contribution in [-0.2, 0) is 11.2 Å². The Balaban J connectivity index is 2.25. The number of rotatable bonds is 1. The average molecular weight is 264 g/mol. The number of amides is 1. The quantitative estimate of drug-likeness (QED) is 0.830. The van der Waals surface area contributed by atoms with Crippen LogP contribution in [0.5, 0.6) is 0 Å². The number of halogens is 1. The lowest BCUT2D eigenvalue weighted by Crippen LogP contribution is -2.27. The van der Waals surface area contributed by atoms with Crippen molar-refractivity contribution in [2.24, 2.45) is 11.6 Å². The Labute approximate surface area is 115 Å². The number of benzene rings is 1. The highest BCUT2D eigenvalue weighted by atomic mass is 35.5. The van der Waals surface area contributed by atoms with E-state index in [4.69, 9.17) is 20.1 Å². The van der Waals surface area contributed by atoms with E-state index in [-0.39, 0.29) is 0 Å². The van der Waals surface area contributed by atoms with Crippen molar-refractivity contribution in [3.8, 4) is 0 Å². The van der Waals surface area contributed by atoms with Crippen LogP contribution >= 0.6 is 11.6 Å². The predicted octanol–water partition coefficient (Wildman–Crippen LogP) is 3.24. The molecule has 0 bridgehead atoms. The largest absolute Gasteiger partial charge is 0.369 e. The zero-order valence-electron chi connectivity index (χ0n) is 12.3. The fourth-order valence-electron chi connectivity index (χ4n) is 3.05. The summed E-state index contributed by atoms with van der Waals surface area (Å²) >= 11 is 6.11. The molecule has 0 heterocycles. The van der Waals surface area contributed by atoms with Crippen LogP contribution in [0.15, 0.2) is 17.7 Å². The normalized spacial score (nSPS) is 27.4. The first-order valence-corrected chi connectivity index (χ1v) is 6.55. The molecule has 2 N–H and O–H groups in total. The van der Waals surface area contributed by atoms with Gasteiger partial charge in [-0.25, -0.2) is 0 Å². The van der Waals surface area contributed by atoms with Gasteiger partial charge in [-0.2, -0.15) is 0 Å². The molecule has 1 aromatic carbocycles. The van der Waals surface area contributed by atoms with Gasteiger partial charge in [0.25, 0.3) is 0 Å². The molecule has 0 spiro atoms. The lowest BCUT2D eigenvalue weighted by molar-refractivity contribution is -0.121. The Kier molecular flexibility index (Phi) is 2.21. The summed E-state index contributed by atoms with van der Waals surface area (Å²) in [4.78, 5) is 11.7. The number of carbonyl (C=O) groups is 1. The molecule has 3 heteroatoms. The van der Waals surface area contributed by atoms with Crippen molar-refractivity contribution in [1.82, 2.24) is 0 Å². The molecular weight excluding hydrogens is 246 g/mol. The van der Waals surface area contributed by atoms with Gasteiger partial charge in [-0.1, -0.05) is 11.6 Å². The van der Waals surface area contributed by atoms with Gasteiger partial charge in [-0.15, -0.1) is 0 Å². The minimum absolute atomic E-state index is 0.311. The number of fused-ring (bicyclic) bond motifs is 2. The fraction of sp³-hybridized carbons (Fsp3) is 0.400. The van der Waals surface area contributed by atoms with Crippen molar-refractivity contribution in [2.45, 2.75) is 32.6 Å². The maximum absolute atomic E-state index is 11.7. The van der Waals surface area contributed by atoms with E-state index in [9.17, 15) is 4.79 Å². The monoisotopic (exact) mass is 263 g/mol. The molecule has 0 saturated heterocycles.